The number of amides is 2. The minimum Gasteiger partial charge on any atom is -0.454 e. The first kappa shape index (κ1) is 18.1. The Bertz CT molecular complexity index is 793. The van der Waals surface area contributed by atoms with Crippen molar-refractivity contribution >= 4 is 35.0 Å². The van der Waals surface area contributed by atoms with Gasteiger partial charge in [-0.2, -0.15) is 0 Å². The number of nitrogens with one attached hydrogen (secondary N) is 2. The molecule has 0 saturated carbocycles. The first-order valence-corrected chi connectivity index (χ1v) is 9.35. The van der Waals surface area contributed by atoms with Crippen molar-refractivity contribution in [1.82, 2.24) is 0 Å². The SMILES string of the molecule is CCCC(=O)Nc1ccc(SCC(=O)Nc2ccc3c(c2)OCO3)cc1. The summed E-state index contributed by atoms with van der Waals surface area (Å²) in [5.74, 6) is 1.51. The highest BCUT2D eigenvalue weighted by molar-refractivity contribution is 8.00. The van der Waals surface area contributed by atoms with E-state index in [1.54, 1.807) is 18.2 Å². The van der Waals surface area contributed by atoms with Crippen molar-refractivity contribution in [3.8, 4) is 11.5 Å². The number of anilines is 2. The molecule has 26 heavy (non-hydrogen) atoms. The first-order valence-electron chi connectivity index (χ1n) is 8.36. The van der Waals surface area contributed by atoms with Gasteiger partial charge in [0.2, 0.25) is 18.6 Å². The van der Waals surface area contributed by atoms with E-state index in [0.29, 0.717) is 23.6 Å². The van der Waals surface area contributed by atoms with Gasteiger partial charge in [-0.3, -0.25) is 9.59 Å². The van der Waals surface area contributed by atoms with E-state index < -0.39 is 0 Å². The van der Waals surface area contributed by atoms with E-state index >= 15 is 0 Å². The van der Waals surface area contributed by atoms with Crippen LogP contribution in [0.4, 0.5) is 11.4 Å². The van der Waals surface area contributed by atoms with Gasteiger partial charge in [-0.05, 0) is 42.8 Å². The standard InChI is InChI=1S/C19H20N2O4S/c1-2-3-18(22)20-13-4-7-15(8-5-13)26-11-19(23)21-14-6-9-16-17(10-14)25-12-24-16/h4-10H,2-3,11-12H2,1H3,(H,20,22)(H,21,23). The fourth-order valence-corrected chi connectivity index (χ4v) is 3.10. The summed E-state index contributed by atoms with van der Waals surface area (Å²) in [5.41, 5.74) is 1.44. The summed E-state index contributed by atoms with van der Waals surface area (Å²) in [5, 5.41) is 5.68. The molecule has 0 bridgehead atoms. The van der Waals surface area contributed by atoms with Crippen LogP contribution in [0.25, 0.3) is 0 Å². The number of hydrogen-bond donors (Lipinski definition) is 2. The third-order valence-corrected chi connectivity index (χ3v) is 4.65. The topological polar surface area (TPSA) is 76.7 Å². The van der Waals surface area contributed by atoms with Crippen LogP contribution in [0.2, 0.25) is 0 Å². The Labute approximate surface area is 156 Å². The van der Waals surface area contributed by atoms with Crippen molar-refractivity contribution in [2.24, 2.45) is 0 Å². The Hall–Kier alpha value is -2.67. The van der Waals surface area contributed by atoms with Gasteiger partial charge in [0.25, 0.3) is 0 Å². The molecule has 2 N–H and O–H groups in total. The molecule has 1 aliphatic rings. The van der Waals surface area contributed by atoms with E-state index in [1.807, 2.05) is 31.2 Å². The number of ether oxygens (including phenoxy) is 2. The molecule has 0 fully saturated rings. The largest absolute Gasteiger partial charge is 0.454 e. The predicted molar refractivity (Wildman–Crippen MR) is 102 cm³/mol. The lowest BCUT2D eigenvalue weighted by Gasteiger charge is -2.07. The highest BCUT2D eigenvalue weighted by atomic mass is 32.2. The molecule has 2 aromatic rings. The second kappa shape index (κ2) is 8.62. The Morgan fingerprint density at radius 2 is 1.65 bits per heavy atom. The lowest BCUT2D eigenvalue weighted by Crippen LogP contribution is -2.13. The fourth-order valence-electron chi connectivity index (χ4n) is 2.41. The minimum absolute atomic E-state index is 0.0102. The molecule has 0 aromatic heterocycles. The summed E-state index contributed by atoms with van der Waals surface area (Å²) in [6.07, 6.45) is 1.33. The van der Waals surface area contributed by atoms with Gasteiger partial charge in [0, 0.05) is 28.8 Å². The average molecular weight is 372 g/mol. The van der Waals surface area contributed by atoms with Gasteiger partial charge in [-0.25, -0.2) is 0 Å². The summed E-state index contributed by atoms with van der Waals surface area (Å²) in [6, 6.07) is 12.8. The average Bonchev–Trinajstić information content (AvgIpc) is 3.09. The van der Waals surface area contributed by atoms with E-state index in [1.165, 1.54) is 11.8 Å². The van der Waals surface area contributed by atoms with Crippen LogP contribution < -0.4 is 20.1 Å². The third-order valence-electron chi connectivity index (χ3n) is 3.64. The van der Waals surface area contributed by atoms with Crippen LogP contribution in [0.3, 0.4) is 0 Å². The van der Waals surface area contributed by atoms with Crippen LogP contribution in [0.5, 0.6) is 11.5 Å². The number of rotatable bonds is 7. The molecule has 2 amide bonds. The predicted octanol–water partition coefficient (Wildman–Crippen LogP) is 3.88. The lowest BCUT2D eigenvalue weighted by atomic mass is 10.3. The highest BCUT2D eigenvalue weighted by Gasteiger charge is 2.14. The van der Waals surface area contributed by atoms with E-state index in [-0.39, 0.29) is 24.4 Å². The Morgan fingerprint density at radius 1 is 0.962 bits per heavy atom. The van der Waals surface area contributed by atoms with Crippen molar-refractivity contribution in [2.75, 3.05) is 23.2 Å². The molecular formula is C19H20N2O4S. The number of hydrogen-bond acceptors (Lipinski definition) is 5. The maximum atomic E-state index is 12.1. The maximum Gasteiger partial charge on any atom is 0.234 e. The zero-order valence-electron chi connectivity index (χ0n) is 14.4. The van der Waals surface area contributed by atoms with Gasteiger partial charge >= 0.3 is 0 Å². The molecule has 7 heteroatoms. The van der Waals surface area contributed by atoms with Crippen molar-refractivity contribution in [3.05, 3.63) is 42.5 Å². The summed E-state index contributed by atoms with van der Waals surface area (Å²) < 4.78 is 10.5. The molecule has 0 saturated heterocycles. The number of carbonyl (C=O) groups excluding carboxylic acids is 2. The van der Waals surface area contributed by atoms with Crippen molar-refractivity contribution in [2.45, 2.75) is 24.7 Å². The molecule has 6 nitrogen and oxygen atoms in total. The van der Waals surface area contributed by atoms with Gasteiger partial charge in [0.05, 0.1) is 5.75 Å². The molecular weight excluding hydrogens is 352 g/mol. The molecule has 0 unspecified atom stereocenters. The number of thioether (sulfide) groups is 1. The van der Waals surface area contributed by atoms with Gasteiger partial charge < -0.3 is 20.1 Å². The lowest BCUT2D eigenvalue weighted by molar-refractivity contribution is -0.116. The van der Waals surface area contributed by atoms with E-state index in [2.05, 4.69) is 10.6 Å². The maximum absolute atomic E-state index is 12.1. The van der Waals surface area contributed by atoms with E-state index in [4.69, 9.17) is 9.47 Å². The van der Waals surface area contributed by atoms with Crippen molar-refractivity contribution in [1.29, 1.82) is 0 Å². The Morgan fingerprint density at radius 3 is 2.42 bits per heavy atom. The van der Waals surface area contributed by atoms with Crippen LogP contribution >= 0.6 is 11.8 Å². The molecule has 3 rings (SSSR count). The number of fused-ring (bicyclic) bond motifs is 1. The smallest absolute Gasteiger partial charge is 0.234 e. The first-order chi connectivity index (χ1) is 12.6. The third kappa shape index (κ3) is 4.92. The zero-order valence-corrected chi connectivity index (χ0v) is 15.2. The molecule has 0 atom stereocenters. The molecule has 0 aliphatic carbocycles. The molecule has 2 aromatic carbocycles. The number of benzene rings is 2. The number of carbonyl (C=O) groups is 2. The van der Waals surface area contributed by atoms with Crippen LogP contribution in [0.1, 0.15) is 19.8 Å². The van der Waals surface area contributed by atoms with Gasteiger partial charge in [-0.1, -0.05) is 6.92 Å². The molecule has 0 radical (unpaired) electrons. The molecule has 0 spiro atoms. The monoisotopic (exact) mass is 372 g/mol. The van der Waals surface area contributed by atoms with Crippen LogP contribution in [-0.4, -0.2) is 24.4 Å². The van der Waals surface area contributed by atoms with E-state index in [9.17, 15) is 9.59 Å². The molecule has 1 aliphatic heterocycles. The van der Waals surface area contributed by atoms with Crippen molar-refractivity contribution < 1.29 is 19.1 Å². The molecule has 1 heterocycles. The highest BCUT2D eigenvalue weighted by Crippen LogP contribution is 2.34. The molecule has 136 valence electrons. The Kier molecular flexibility index (Phi) is 6.01. The quantitative estimate of drug-likeness (QED) is 0.721. The van der Waals surface area contributed by atoms with Crippen molar-refractivity contribution in [3.63, 3.8) is 0 Å². The zero-order chi connectivity index (χ0) is 18.4. The van der Waals surface area contributed by atoms with Crippen LogP contribution in [-0.2, 0) is 9.59 Å². The minimum atomic E-state index is -0.103. The van der Waals surface area contributed by atoms with Gasteiger partial charge in [0.15, 0.2) is 11.5 Å². The van der Waals surface area contributed by atoms with Gasteiger partial charge in [0.1, 0.15) is 0 Å². The second-order valence-corrected chi connectivity index (χ2v) is 6.78. The second-order valence-electron chi connectivity index (χ2n) is 5.73. The van der Waals surface area contributed by atoms with E-state index in [0.717, 1.165) is 17.0 Å². The summed E-state index contributed by atoms with van der Waals surface area (Å²) in [4.78, 5) is 24.6. The fraction of sp³-hybridized carbons (Fsp3) is 0.263. The summed E-state index contributed by atoms with van der Waals surface area (Å²) >= 11 is 1.43. The normalized spacial score (nSPS) is 11.9. The summed E-state index contributed by atoms with van der Waals surface area (Å²) in [6.45, 7) is 2.17. The Balaban J connectivity index is 1.47. The van der Waals surface area contributed by atoms with Crippen LogP contribution in [0, 0.1) is 0 Å². The summed E-state index contributed by atoms with van der Waals surface area (Å²) in [7, 11) is 0. The van der Waals surface area contributed by atoms with Crippen LogP contribution in [0.15, 0.2) is 47.4 Å². The van der Waals surface area contributed by atoms with Gasteiger partial charge in [-0.15, -0.1) is 11.8 Å².